The Morgan fingerprint density at radius 1 is 0.444 bits per heavy atom. The minimum atomic E-state index is -0.0275. The third-order valence-electron chi connectivity index (χ3n) is 13.1. The maximum absolute atomic E-state index is 6.82. The summed E-state index contributed by atoms with van der Waals surface area (Å²) in [5.41, 5.74) is 18.3. The van der Waals surface area contributed by atoms with E-state index in [9.17, 15) is 0 Å². The van der Waals surface area contributed by atoms with Crippen molar-refractivity contribution in [1.82, 2.24) is 0 Å². The van der Waals surface area contributed by atoms with Gasteiger partial charge in [0.2, 0.25) is 0 Å². The molecule has 1 aliphatic carbocycles. The van der Waals surface area contributed by atoms with Crippen LogP contribution in [0.3, 0.4) is 0 Å². The van der Waals surface area contributed by atoms with Gasteiger partial charge in [0.15, 0.2) is 0 Å². The van der Waals surface area contributed by atoms with E-state index in [0.717, 1.165) is 33.9 Å². The van der Waals surface area contributed by atoms with Gasteiger partial charge in [-0.1, -0.05) is 208 Å². The highest BCUT2D eigenvalue weighted by atomic mass is 16.3. The highest BCUT2D eigenvalue weighted by Crippen LogP contribution is 2.51. The standard InChI is InChI=1S/C54H38O.C7H7N/c1-54(2)47-24-11-10-19-42(47)45-23-12-16-38(53(45)54)32-34-26-28-35(29-27-34)39-22-13-25-49-52(39)46-33-37(30-31-48(46)55-49)51-44-21-9-7-18-41(44)40-17-6-8-20-43(40)50(51)36-14-4-3-5-15-36;8-6-7-4-2-1-3-5-7/h3-31,33H,32H2,1-2H3;1-6,8H. The topological polar surface area (TPSA) is 37.0 Å². The third-order valence-corrected chi connectivity index (χ3v) is 13.1. The normalized spacial score (nSPS) is 12.5. The number of benzene rings is 10. The van der Waals surface area contributed by atoms with Crippen molar-refractivity contribution in [2.45, 2.75) is 25.7 Å². The fourth-order valence-electron chi connectivity index (χ4n) is 10.2. The average Bonchev–Trinajstić information content (AvgIpc) is 3.84. The van der Waals surface area contributed by atoms with Crippen molar-refractivity contribution in [2.24, 2.45) is 0 Å². The molecule has 1 aliphatic rings. The predicted molar refractivity (Wildman–Crippen MR) is 266 cm³/mol. The highest BCUT2D eigenvalue weighted by molar-refractivity contribution is 6.22. The second kappa shape index (κ2) is 15.6. The molecule has 0 amide bonds. The van der Waals surface area contributed by atoms with Crippen LogP contribution in [0.15, 0.2) is 217 Å². The molecule has 2 heteroatoms. The molecule has 1 N–H and O–H groups in total. The number of furan rings is 1. The molecule has 0 saturated heterocycles. The molecule has 0 radical (unpaired) electrons. The van der Waals surface area contributed by atoms with Crippen molar-refractivity contribution in [3.8, 4) is 44.5 Å². The van der Waals surface area contributed by atoms with Crippen LogP contribution in [0.2, 0.25) is 0 Å². The Morgan fingerprint density at radius 2 is 1.02 bits per heavy atom. The van der Waals surface area contributed by atoms with Gasteiger partial charge in [-0.3, -0.25) is 0 Å². The number of rotatable bonds is 6. The Balaban J connectivity index is 0.000000503. The average molecular weight is 808 g/mol. The van der Waals surface area contributed by atoms with Crippen LogP contribution in [0.25, 0.3) is 88.0 Å². The Hall–Kier alpha value is -7.81. The van der Waals surface area contributed by atoms with Gasteiger partial charge in [0.1, 0.15) is 11.2 Å². The Bertz CT molecular complexity index is 3500. The van der Waals surface area contributed by atoms with Gasteiger partial charge in [0, 0.05) is 22.4 Å². The summed E-state index contributed by atoms with van der Waals surface area (Å²) >= 11 is 0. The predicted octanol–water partition coefficient (Wildman–Crippen LogP) is 16.5. The first-order chi connectivity index (χ1) is 31.0. The van der Waals surface area contributed by atoms with E-state index in [1.165, 1.54) is 94.5 Å². The summed E-state index contributed by atoms with van der Waals surface area (Å²) in [6, 6.07) is 76.2. The summed E-state index contributed by atoms with van der Waals surface area (Å²) in [6.07, 6.45) is 2.23. The van der Waals surface area contributed by atoms with Crippen LogP contribution in [-0.4, -0.2) is 6.21 Å². The Labute approximate surface area is 368 Å². The van der Waals surface area contributed by atoms with E-state index in [1.807, 2.05) is 30.3 Å². The molecule has 0 bridgehead atoms. The second-order valence-electron chi connectivity index (χ2n) is 17.1. The fraction of sp³-hybridized carbons (Fsp3) is 0.0656. The van der Waals surface area contributed by atoms with Crippen LogP contribution in [0.4, 0.5) is 0 Å². The second-order valence-corrected chi connectivity index (χ2v) is 17.1. The van der Waals surface area contributed by atoms with Gasteiger partial charge in [-0.25, -0.2) is 0 Å². The first-order valence-corrected chi connectivity index (χ1v) is 21.8. The molecule has 300 valence electrons. The lowest BCUT2D eigenvalue weighted by Crippen LogP contribution is -2.17. The molecule has 0 spiro atoms. The number of hydrogen-bond donors (Lipinski definition) is 1. The summed E-state index contributed by atoms with van der Waals surface area (Å²) in [5.74, 6) is 0. The van der Waals surface area contributed by atoms with Crippen molar-refractivity contribution >= 4 is 49.7 Å². The lowest BCUT2D eigenvalue weighted by atomic mass is 9.79. The van der Waals surface area contributed by atoms with Crippen molar-refractivity contribution in [2.75, 3.05) is 0 Å². The van der Waals surface area contributed by atoms with Gasteiger partial charge in [0.25, 0.3) is 0 Å². The minimum absolute atomic E-state index is 0.0275. The van der Waals surface area contributed by atoms with E-state index in [4.69, 9.17) is 9.83 Å². The van der Waals surface area contributed by atoms with Crippen LogP contribution in [0.1, 0.15) is 41.7 Å². The van der Waals surface area contributed by atoms with Gasteiger partial charge in [-0.05, 0) is 118 Å². The van der Waals surface area contributed by atoms with Gasteiger partial charge in [-0.15, -0.1) is 0 Å². The van der Waals surface area contributed by atoms with Gasteiger partial charge in [-0.2, -0.15) is 0 Å². The molecule has 12 rings (SSSR count). The molecular formula is C61H45NO. The lowest BCUT2D eigenvalue weighted by molar-refractivity contribution is 0.653. The molecule has 0 fully saturated rings. The van der Waals surface area contributed by atoms with Crippen molar-refractivity contribution in [3.63, 3.8) is 0 Å². The van der Waals surface area contributed by atoms with Gasteiger partial charge < -0.3 is 9.83 Å². The molecule has 0 atom stereocenters. The quantitative estimate of drug-likeness (QED) is 0.132. The third kappa shape index (κ3) is 6.54. The molecule has 1 aromatic heterocycles. The van der Waals surface area contributed by atoms with Crippen LogP contribution in [-0.2, 0) is 11.8 Å². The largest absolute Gasteiger partial charge is 0.456 e. The summed E-state index contributed by atoms with van der Waals surface area (Å²) < 4.78 is 6.57. The zero-order valence-electron chi connectivity index (χ0n) is 35.4. The molecule has 63 heavy (non-hydrogen) atoms. The smallest absolute Gasteiger partial charge is 0.136 e. The van der Waals surface area contributed by atoms with E-state index in [1.54, 1.807) is 0 Å². The van der Waals surface area contributed by atoms with Crippen molar-refractivity contribution in [3.05, 3.63) is 240 Å². The first kappa shape index (κ1) is 38.1. The van der Waals surface area contributed by atoms with E-state index in [-0.39, 0.29) is 5.41 Å². The van der Waals surface area contributed by atoms with E-state index in [2.05, 4.69) is 196 Å². The minimum Gasteiger partial charge on any atom is -0.456 e. The summed E-state index contributed by atoms with van der Waals surface area (Å²) in [4.78, 5) is 0. The fourth-order valence-corrected chi connectivity index (χ4v) is 10.2. The van der Waals surface area contributed by atoms with Gasteiger partial charge >= 0.3 is 0 Å². The lowest BCUT2D eigenvalue weighted by Gasteiger charge is -2.24. The van der Waals surface area contributed by atoms with E-state index in [0.29, 0.717) is 0 Å². The molecule has 2 nitrogen and oxygen atoms in total. The molecule has 0 unspecified atom stereocenters. The SMILES string of the molecule is CC1(C)c2ccccc2-c2cccc(Cc3ccc(-c4cccc5oc6ccc(-c7c(-c8ccccc8)c8ccccc8c8ccccc78)cc6c45)cc3)c21.N=Cc1ccccc1. The number of fused-ring (bicyclic) bond motifs is 9. The van der Waals surface area contributed by atoms with E-state index < -0.39 is 0 Å². The highest BCUT2D eigenvalue weighted by Gasteiger charge is 2.36. The maximum Gasteiger partial charge on any atom is 0.136 e. The number of nitrogens with one attached hydrogen (secondary N) is 1. The van der Waals surface area contributed by atoms with Crippen LogP contribution < -0.4 is 0 Å². The van der Waals surface area contributed by atoms with Crippen molar-refractivity contribution in [1.29, 1.82) is 5.41 Å². The number of hydrogen-bond acceptors (Lipinski definition) is 2. The molecule has 11 aromatic rings. The molecule has 10 aromatic carbocycles. The zero-order chi connectivity index (χ0) is 42.5. The van der Waals surface area contributed by atoms with Crippen LogP contribution in [0.5, 0.6) is 0 Å². The Kier molecular flexibility index (Phi) is 9.43. The van der Waals surface area contributed by atoms with Gasteiger partial charge in [0.05, 0.1) is 0 Å². The van der Waals surface area contributed by atoms with Crippen molar-refractivity contribution < 1.29 is 4.42 Å². The Morgan fingerprint density at radius 3 is 1.71 bits per heavy atom. The van der Waals surface area contributed by atoms with Crippen LogP contribution >= 0.6 is 0 Å². The summed E-state index contributed by atoms with van der Waals surface area (Å²) in [7, 11) is 0. The molecular weight excluding hydrogens is 763 g/mol. The maximum atomic E-state index is 6.82. The monoisotopic (exact) mass is 807 g/mol. The first-order valence-electron chi connectivity index (χ1n) is 21.8. The summed E-state index contributed by atoms with van der Waals surface area (Å²) in [5, 5.41) is 14.1. The van der Waals surface area contributed by atoms with Crippen LogP contribution in [0, 0.1) is 5.41 Å². The zero-order valence-corrected chi connectivity index (χ0v) is 35.4. The van der Waals surface area contributed by atoms with E-state index >= 15 is 0 Å². The summed E-state index contributed by atoms with van der Waals surface area (Å²) in [6.45, 7) is 4.74. The molecule has 0 aliphatic heterocycles. The molecule has 0 saturated carbocycles. The molecule has 1 heterocycles.